The molecule has 1 heterocycles. The number of nitrogens with zero attached hydrogens (tertiary/aromatic N) is 1. The number of carbonyl (C=O) groups excluding carboxylic acids is 1. The molecule has 1 amide bonds. The number of aliphatic hydroxyl groups excluding tert-OH is 1. The summed E-state index contributed by atoms with van der Waals surface area (Å²) in [5.74, 6) is 0.729. The third-order valence-electron chi connectivity index (χ3n) is 3.15. The first-order valence-corrected chi connectivity index (χ1v) is 6.88. The van der Waals surface area contributed by atoms with E-state index >= 15 is 0 Å². The van der Waals surface area contributed by atoms with E-state index in [4.69, 9.17) is 16.3 Å². The molecule has 1 aromatic rings. The van der Waals surface area contributed by atoms with Crippen molar-refractivity contribution in [1.82, 2.24) is 4.90 Å². The van der Waals surface area contributed by atoms with Gasteiger partial charge in [0.2, 0.25) is 5.91 Å². The molecule has 1 saturated heterocycles. The molecule has 0 aromatic heterocycles. The van der Waals surface area contributed by atoms with Crippen LogP contribution in [-0.2, 0) is 4.79 Å². The van der Waals surface area contributed by atoms with Gasteiger partial charge in [0.15, 0.2) is 0 Å². The Morgan fingerprint density at radius 1 is 1.47 bits per heavy atom. The minimum atomic E-state index is -0.358. The van der Waals surface area contributed by atoms with Gasteiger partial charge in [-0.25, -0.2) is 0 Å². The van der Waals surface area contributed by atoms with Crippen LogP contribution in [0.25, 0.3) is 0 Å². The molecular weight excluding hydrogens is 266 g/mol. The predicted octanol–water partition coefficient (Wildman–Crippen LogP) is 2.09. The first kappa shape index (κ1) is 14.2. The minimum Gasteiger partial charge on any atom is -0.492 e. The smallest absolute Gasteiger partial charge is 0.222 e. The fourth-order valence-corrected chi connectivity index (χ4v) is 2.28. The predicted molar refractivity (Wildman–Crippen MR) is 73.4 cm³/mol. The summed E-state index contributed by atoms with van der Waals surface area (Å²) in [7, 11) is 0. The second-order valence-corrected chi connectivity index (χ2v) is 5.07. The maximum atomic E-state index is 11.8. The standard InChI is InChI=1S/C14H18ClNO3/c15-12-4-1-2-5-13(12)19-9-3-6-14(18)16-8-7-11(17)10-16/h1-2,4-5,11,17H,3,6-10H2/t11-/m1/s1. The van der Waals surface area contributed by atoms with Gasteiger partial charge in [-0.15, -0.1) is 0 Å². The van der Waals surface area contributed by atoms with E-state index in [-0.39, 0.29) is 12.0 Å². The Morgan fingerprint density at radius 2 is 2.26 bits per heavy atom. The van der Waals surface area contributed by atoms with E-state index in [9.17, 15) is 9.90 Å². The number of halogens is 1. The van der Waals surface area contributed by atoms with Crippen molar-refractivity contribution in [3.8, 4) is 5.75 Å². The first-order valence-electron chi connectivity index (χ1n) is 6.50. The van der Waals surface area contributed by atoms with Crippen molar-refractivity contribution in [1.29, 1.82) is 0 Å². The number of para-hydroxylation sites is 1. The molecule has 4 nitrogen and oxygen atoms in total. The van der Waals surface area contributed by atoms with Crippen LogP contribution < -0.4 is 4.74 Å². The van der Waals surface area contributed by atoms with E-state index < -0.39 is 0 Å². The lowest BCUT2D eigenvalue weighted by Crippen LogP contribution is -2.29. The highest BCUT2D eigenvalue weighted by atomic mass is 35.5. The third kappa shape index (κ3) is 4.11. The van der Waals surface area contributed by atoms with Crippen molar-refractivity contribution in [2.24, 2.45) is 0 Å². The summed E-state index contributed by atoms with van der Waals surface area (Å²) >= 11 is 5.96. The van der Waals surface area contributed by atoms with Crippen LogP contribution in [0.15, 0.2) is 24.3 Å². The van der Waals surface area contributed by atoms with Gasteiger partial charge >= 0.3 is 0 Å². The molecule has 2 rings (SSSR count). The lowest BCUT2D eigenvalue weighted by molar-refractivity contribution is -0.130. The summed E-state index contributed by atoms with van der Waals surface area (Å²) in [6, 6.07) is 7.28. The summed E-state index contributed by atoms with van der Waals surface area (Å²) in [5.41, 5.74) is 0. The third-order valence-corrected chi connectivity index (χ3v) is 3.46. The van der Waals surface area contributed by atoms with Crippen LogP contribution in [0.3, 0.4) is 0 Å². The zero-order valence-electron chi connectivity index (χ0n) is 10.7. The molecular formula is C14H18ClNO3. The molecule has 1 atom stereocenters. The van der Waals surface area contributed by atoms with Crippen LogP contribution in [0.1, 0.15) is 19.3 Å². The van der Waals surface area contributed by atoms with Crippen LogP contribution >= 0.6 is 11.6 Å². The van der Waals surface area contributed by atoms with E-state index in [1.807, 2.05) is 12.1 Å². The van der Waals surface area contributed by atoms with Gasteiger partial charge < -0.3 is 14.7 Å². The average molecular weight is 284 g/mol. The van der Waals surface area contributed by atoms with E-state index in [0.29, 0.717) is 49.7 Å². The zero-order chi connectivity index (χ0) is 13.7. The van der Waals surface area contributed by atoms with Crippen molar-refractivity contribution in [2.45, 2.75) is 25.4 Å². The summed E-state index contributed by atoms with van der Waals surface area (Å²) in [6.07, 6.45) is 1.42. The number of β-amino-alcohol motifs (C(OH)–C–C–N with tert-alkyl or cyclic N) is 1. The van der Waals surface area contributed by atoms with E-state index in [1.165, 1.54) is 0 Å². The van der Waals surface area contributed by atoms with E-state index in [2.05, 4.69) is 0 Å². The van der Waals surface area contributed by atoms with Gasteiger partial charge in [0, 0.05) is 19.5 Å². The van der Waals surface area contributed by atoms with Crippen LogP contribution in [0.2, 0.25) is 5.02 Å². The van der Waals surface area contributed by atoms with Gasteiger partial charge in [-0.3, -0.25) is 4.79 Å². The molecule has 0 saturated carbocycles. The second kappa shape index (κ2) is 6.78. The second-order valence-electron chi connectivity index (χ2n) is 4.66. The number of likely N-dealkylation sites (tertiary alicyclic amines) is 1. The Kier molecular flexibility index (Phi) is 5.05. The van der Waals surface area contributed by atoms with Crippen molar-refractivity contribution < 1.29 is 14.6 Å². The number of rotatable bonds is 5. The zero-order valence-corrected chi connectivity index (χ0v) is 11.5. The molecule has 0 bridgehead atoms. The van der Waals surface area contributed by atoms with Crippen molar-refractivity contribution >= 4 is 17.5 Å². The maximum absolute atomic E-state index is 11.8. The fraction of sp³-hybridized carbons (Fsp3) is 0.500. The Bertz CT molecular complexity index is 438. The lowest BCUT2D eigenvalue weighted by atomic mass is 10.3. The summed E-state index contributed by atoms with van der Waals surface area (Å²) < 4.78 is 5.52. The molecule has 0 aliphatic carbocycles. The molecule has 0 unspecified atom stereocenters. The number of hydrogen-bond acceptors (Lipinski definition) is 3. The highest BCUT2D eigenvalue weighted by molar-refractivity contribution is 6.32. The molecule has 19 heavy (non-hydrogen) atoms. The highest BCUT2D eigenvalue weighted by Gasteiger charge is 2.23. The van der Waals surface area contributed by atoms with Gasteiger partial charge in [-0.1, -0.05) is 23.7 Å². The van der Waals surface area contributed by atoms with Gasteiger partial charge in [0.25, 0.3) is 0 Å². The lowest BCUT2D eigenvalue weighted by Gasteiger charge is -2.15. The average Bonchev–Trinajstić information content (AvgIpc) is 2.83. The summed E-state index contributed by atoms with van der Waals surface area (Å²) in [4.78, 5) is 13.5. The normalized spacial score (nSPS) is 18.6. The molecule has 0 spiro atoms. The number of aliphatic hydroxyl groups is 1. The van der Waals surface area contributed by atoms with Gasteiger partial charge in [0.05, 0.1) is 17.7 Å². The fourth-order valence-electron chi connectivity index (χ4n) is 2.09. The minimum absolute atomic E-state index is 0.0827. The maximum Gasteiger partial charge on any atom is 0.222 e. The van der Waals surface area contributed by atoms with Gasteiger partial charge in [-0.2, -0.15) is 0 Å². The monoisotopic (exact) mass is 283 g/mol. The number of carbonyl (C=O) groups is 1. The van der Waals surface area contributed by atoms with Gasteiger partial charge in [0.1, 0.15) is 5.75 Å². The number of amides is 1. The van der Waals surface area contributed by atoms with Crippen LogP contribution in [0.4, 0.5) is 0 Å². The van der Waals surface area contributed by atoms with Crippen LogP contribution in [0, 0.1) is 0 Å². The topological polar surface area (TPSA) is 49.8 Å². The molecule has 104 valence electrons. The quantitative estimate of drug-likeness (QED) is 0.842. The van der Waals surface area contributed by atoms with Crippen LogP contribution in [-0.4, -0.2) is 41.7 Å². The summed E-state index contributed by atoms with van der Waals surface area (Å²) in [5, 5.41) is 9.95. The largest absolute Gasteiger partial charge is 0.492 e. The molecule has 1 aromatic carbocycles. The number of hydrogen-bond donors (Lipinski definition) is 1. The Balaban J connectivity index is 1.67. The number of benzene rings is 1. The molecule has 5 heteroatoms. The number of ether oxygens (including phenoxy) is 1. The van der Waals surface area contributed by atoms with Crippen molar-refractivity contribution in [3.63, 3.8) is 0 Å². The molecule has 1 N–H and O–H groups in total. The molecule has 1 fully saturated rings. The van der Waals surface area contributed by atoms with Crippen molar-refractivity contribution in [3.05, 3.63) is 29.3 Å². The highest BCUT2D eigenvalue weighted by Crippen LogP contribution is 2.23. The Morgan fingerprint density at radius 3 is 2.95 bits per heavy atom. The van der Waals surface area contributed by atoms with E-state index in [1.54, 1.807) is 17.0 Å². The first-order chi connectivity index (χ1) is 9.16. The molecule has 1 aliphatic heterocycles. The SMILES string of the molecule is O=C(CCCOc1ccccc1Cl)N1CC[C@@H](O)C1. The van der Waals surface area contributed by atoms with E-state index in [0.717, 1.165) is 0 Å². The summed E-state index contributed by atoms with van der Waals surface area (Å²) in [6.45, 7) is 1.58. The molecule has 1 aliphatic rings. The Hall–Kier alpha value is -1.26. The Labute approximate surface area is 117 Å². The van der Waals surface area contributed by atoms with Crippen molar-refractivity contribution in [2.75, 3.05) is 19.7 Å². The molecule has 0 radical (unpaired) electrons. The van der Waals surface area contributed by atoms with Crippen LogP contribution in [0.5, 0.6) is 5.75 Å². The van der Waals surface area contributed by atoms with Gasteiger partial charge in [-0.05, 0) is 25.0 Å².